The lowest BCUT2D eigenvalue weighted by atomic mass is 10.2. The van der Waals surface area contributed by atoms with E-state index in [1.54, 1.807) is 24.3 Å². The van der Waals surface area contributed by atoms with Crippen LogP contribution in [0.15, 0.2) is 42.5 Å². The Morgan fingerprint density at radius 2 is 1.84 bits per heavy atom. The molecule has 0 aromatic heterocycles. The van der Waals surface area contributed by atoms with Crippen LogP contribution in [0, 0.1) is 13.0 Å². The van der Waals surface area contributed by atoms with Gasteiger partial charge in [0.05, 0.1) is 0 Å². The molecule has 0 spiro atoms. The molecule has 0 aliphatic rings. The fraction of sp³-hybridized carbons (Fsp3) is 0.143. The first kappa shape index (κ1) is 13.3. The van der Waals surface area contributed by atoms with Gasteiger partial charge in [0.1, 0.15) is 17.2 Å². The van der Waals surface area contributed by atoms with E-state index in [2.05, 4.69) is 10.8 Å². The second kappa shape index (κ2) is 5.22. The van der Waals surface area contributed by atoms with E-state index in [9.17, 15) is 13.2 Å². The van der Waals surface area contributed by atoms with E-state index in [-0.39, 0.29) is 11.5 Å². The van der Waals surface area contributed by atoms with Gasteiger partial charge >= 0.3 is 6.36 Å². The van der Waals surface area contributed by atoms with E-state index in [0.29, 0.717) is 5.75 Å². The zero-order chi connectivity index (χ0) is 13.9. The molecule has 2 nitrogen and oxygen atoms in total. The van der Waals surface area contributed by atoms with E-state index in [0.717, 1.165) is 5.56 Å². The van der Waals surface area contributed by atoms with Crippen LogP contribution in [-0.4, -0.2) is 6.36 Å². The average Bonchev–Trinajstić information content (AvgIpc) is 2.30. The molecular weight excluding hydrogens is 257 g/mol. The third-order valence-corrected chi connectivity index (χ3v) is 2.29. The van der Waals surface area contributed by atoms with Gasteiger partial charge in [0.2, 0.25) is 0 Å². The van der Waals surface area contributed by atoms with Crippen molar-refractivity contribution in [1.29, 1.82) is 0 Å². The molecule has 1 radical (unpaired) electrons. The number of hydrogen-bond acceptors (Lipinski definition) is 2. The molecule has 0 N–H and O–H groups in total. The molecule has 0 heterocycles. The van der Waals surface area contributed by atoms with Gasteiger partial charge in [-0.15, -0.1) is 13.2 Å². The van der Waals surface area contributed by atoms with Crippen molar-refractivity contribution in [2.75, 3.05) is 0 Å². The van der Waals surface area contributed by atoms with Crippen LogP contribution in [0.3, 0.4) is 0 Å². The molecule has 0 fully saturated rings. The maximum atomic E-state index is 12.1. The number of benzene rings is 2. The highest BCUT2D eigenvalue weighted by atomic mass is 19.4. The molecule has 2 aromatic carbocycles. The molecule has 2 rings (SSSR count). The van der Waals surface area contributed by atoms with Crippen molar-refractivity contribution in [1.82, 2.24) is 0 Å². The summed E-state index contributed by atoms with van der Waals surface area (Å²) in [4.78, 5) is 0. The first-order valence-electron chi connectivity index (χ1n) is 5.44. The average molecular weight is 267 g/mol. The summed E-state index contributed by atoms with van der Waals surface area (Å²) in [5.74, 6) is 0.518. The summed E-state index contributed by atoms with van der Waals surface area (Å²) in [5, 5.41) is 0. The Labute approximate surface area is 108 Å². The van der Waals surface area contributed by atoms with Gasteiger partial charge in [-0.25, -0.2) is 0 Å². The Bertz CT molecular complexity index is 565. The Morgan fingerprint density at radius 1 is 1.11 bits per heavy atom. The summed E-state index contributed by atoms with van der Waals surface area (Å²) < 4.78 is 45.6. The summed E-state index contributed by atoms with van der Waals surface area (Å²) in [5.41, 5.74) is 0.838. The highest BCUT2D eigenvalue weighted by molar-refractivity contribution is 5.39. The predicted molar refractivity (Wildman–Crippen MR) is 63.2 cm³/mol. The van der Waals surface area contributed by atoms with Crippen LogP contribution in [0.4, 0.5) is 13.2 Å². The topological polar surface area (TPSA) is 18.5 Å². The highest BCUT2D eigenvalue weighted by Crippen LogP contribution is 2.29. The zero-order valence-corrected chi connectivity index (χ0v) is 9.99. The molecule has 0 unspecified atom stereocenters. The fourth-order valence-electron chi connectivity index (χ4n) is 1.48. The molecule has 0 saturated carbocycles. The summed E-state index contributed by atoms with van der Waals surface area (Å²) in [6, 6.07) is 13.3. The van der Waals surface area contributed by atoms with Crippen LogP contribution in [0.2, 0.25) is 0 Å². The maximum absolute atomic E-state index is 12.1. The lowest BCUT2D eigenvalue weighted by Crippen LogP contribution is -2.17. The molecule has 0 atom stereocenters. The van der Waals surface area contributed by atoms with E-state index in [1.807, 2.05) is 6.92 Å². The zero-order valence-electron chi connectivity index (χ0n) is 9.99. The fourth-order valence-corrected chi connectivity index (χ4v) is 1.48. The van der Waals surface area contributed by atoms with Gasteiger partial charge < -0.3 is 9.47 Å². The van der Waals surface area contributed by atoms with Gasteiger partial charge in [-0.3, -0.25) is 0 Å². The van der Waals surface area contributed by atoms with Crippen molar-refractivity contribution in [3.63, 3.8) is 0 Å². The van der Waals surface area contributed by atoms with Gasteiger partial charge in [-0.05, 0) is 42.8 Å². The molecule has 2 aromatic rings. The van der Waals surface area contributed by atoms with Crippen molar-refractivity contribution in [3.8, 4) is 17.2 Å². The van der Waals surface area contributed by atoms with E-state index < -0.39 is 6.36 Å². The molecule has 99 valence electrons. The molecule has 19 heavy (non-hydrogen) atoms. The first-order chi connectivity index (χ1) is 8.94. The van der Waals surface area contributed by atoms with Crippen LogP contribution in [0.1, 0.15) is 5.56 Å². The monoisotopic (exact) mass is 267 g/mol. The number of alkyl halides is 3. The van der Waals surface area contributed by atoms with Crippen molar-refractivity contribution >= 4 is 0 Å². The van der Waals surface area contributed by atoms with Gasteiger partial charge in [0.15, 0.2) is 0 Å². The van der Waals surface area contributed by atoms with Gasteiger partial charge in [-0.2, -0.15) is 0 Å². The van der Waals surface area contributed by atoms with E-state index >= 15 is 0 Å². The first-order valence-corrected chi connectivity index (χ1v) is 5.44. The smallest absolute Gasteiger partial charge is 0.457 e. The summed E-state index contributed by atoms with van der Waals surface area (Å²) in [6.45, 7) is 1.82. The maximum Gasteiger partial charge on any atom is 0.573 e. The third kappa shape index (κ3) is 3.91. The highest BCUT2D eigenvalue weighted by Gasteiger charge is 2.31. The number of ether oxygens (including phenoxy) is 2. The second-order valence-corrected chi connectivity index (χ2v) is 3.82. The quantitative estimate of drug-likeness (QED) is 0.816. The number of aryl methyl sites for hydroxylation is 1. The lowest BCUT2D eigenvalue weighted by molar-refractivity contribution is -0.274. The molecule has 0 amide bonds. The molecule has 0 bridgehead atoms. The van der Waals surface area contributed by atoms with Crippen LogP contribution >= 0.6 is 0 Å². The SMILES string of the molecule is Cc1c[c]ccc1Oc1cccc(OC(F)(F)F)c1. The Kier molecular flexibility index (Phi) is 3.64. The largest absolute Gasteiger partial charge is 0.573 e. The molecular formula is C14H10F3O2. The third-order valence-electron chi connectivity index (χ3n) is 2.29. The Hall–Kier alpha value is -2.17. The number of rotatable bonds is 3. The minimum absolute atomic E-state index is 0.274. The van der Waals surface area contributed by atoms with Crippen LogP contribution < -0.4 is 9.47 Å². The van der Waals surface area contributed by atoms with Crippen molar-refractivity contribution in [2.24, 2.45) is 0 Å². The van der Waals surface area contributed by atoms with E-state index in [1.165, 1.54) is 18.2 Å². The van der Waals surface area contributed by atoms with E-state index in [4.69, 9.17) is 4.74 Å². The predicted octanol–water partition coefficient (Wildman–Crippen LogP) is 4.49. The number of halogens is 3. The lowest BCUT2D eigenvalue weighted by Gasteiger charge is -2.11. The molecule has 0 aliphatic heterocycles. The second-order valence-electron chi connectivity index (χ2n) is 3.82. The van der Waals surface area contributed by atoms with Crippen LogP contribution in [0.5, 0.6) is 17.2 Å². The number of hydrogen-bond donors (Lipinski definition) is 0. The molecule has 0 aliphatic carbocycles. The van der Waals surface area contributed by atoms with Gasteiger partial charge in [0.25, 0.3) is 0 Å². The van der Waals surface area contributed by atoms with Crippen molar-refractivity contribution < 1.29 is 22.6 Å². The Balaban J connectivity index is 2.18. The molecule has 0 saturated heterocycles. The standard InChI is InChI=1S/C14H10F3O2/c1-10-5-2-3-8-13(10)18-11-6-4-7-12(9-11)19-14(15,16)17/h3-9H,1H3. The summed E-state index contributed by atoms with van der Waals surface area (Å²) >= 11 is 0. The summed E-state index contributed by atoms with van der Waals surface area (Å²) in [7, 11) is 0. The minimum atomic E-state index is -4.71. The van der Waals surface area contributed by atoms with Crippen LogP contribution in [0.25, 0.3) is 0 Å². The van der Waals surface area contributed by atoms with Gasteiger partial charge in [-0.1, -0.05) is 12.1 Å². The van der Waals surface area contributed by atoms with Crippen LogP contribution in [-0.2, 0) is 0 Å². The minimum Gasteiger partial charge on any atom is -0.457 e. The van der Waals surface area contributed by atoms with Gasteiger partial charge in [0, 0.05) is 6.07 Å². The summed E-state index contributed by atoms with van der Waals surface area (Å²) in [6.07, 6.45) is -4.71. The Morgan fingerprint density at radius 3 is 2.53 bits per heavy atom. The normalized spacial score (nSPS) is 11.2. The van der Waals surface area contributed by atoms with Crippen molar-refractivity contribution in [2.45, 2.75) is 13.3 Å². The van der Waals surface area contributed by atoms with Crippen molar-refractivity contribution in [3.05, 3.63) is 54.1 Å². The molecule has 5 heteroatoms.